The van der Waals surface area contributed by atoms with E-state index < -0.39 is 0 Å². The van der Waals surface area contributed by atoms with Crippen LogP contribution >= 0.6 is 0 Å². The predicted octanol–water partition coefficient (Wildman–Crippen LogP) is 1.04. The molecule has 0 bridgehead atoms. The van der Waals surface area contributed by atoms with E-state index in [0.29, 0.717) is 0 Å². The summed E-state index contributed by atoms with van der Waals surface area (Å²) in [5.74, 6) is 0. The molecule has 1 aliphatic rings. The van der Waals surface area contributed by atoms with Crippen LogP contribution in [-0.4, -0.2) is 17.8 Å². The molecule has 70 valence electrons. The molecule has 0 saturated heterocycles. The highest BCUT2D eigenvalue weighted by Gasteiger charge is 2.48. The smallest absolute Gasteiger partial charge is 0.0591 e. The van der Waals surface area contributed by atoms with Gasteiger partial charge < -0.3 is 10.8 Å². The summed E-state index contributed by atoms with van der Waals surface area (Å²) in [5.41, 5.74) is 7.25. The lowest BCUT2D eigenvalue weighted by Crippen LogP contribution is -2.37. The first-order chi connectivity index (χ1) is 6.29. The van der Waals surface area contributed by atoms with Crippen LogP contribution < -0.4 is 5.73 Å². The van der Waals surface area contributed by atoms with Crippen molar-refractivity contribution in [1.82, 2.24) is 0 Å². The number of rotatable bonds is 3. The van der Waals surface area contributed by atoms with Crippen molar-refractivity contribution in [3.8, 4) is 0 Å². The first kappa shape index (κ1) is 8.73. The van der Waals surface area contributed by atoms with Crippen molar-refractivity contribution in [2.24, 2.45) is 5.73 Å². The molecular formula is C11H15NO. The zero-order valence-corrected chi connectivity index (χ0v) is 7.61. The fourth-order valence-corrected chi connectivity index (χ4v) is 1.95. The average Bonchev–Trinajstić information content (AvgIpc) is 2.99. The summed E-state index contributed by atoms with van der Waals surface area (Å²) in [7, 11) is 0. The highest BCUT2D eigenvalue weighted by atomic mass is 16.3. The summed E-state index contributed by atoms with van der Waals surface area (Å²) in [5, 5.41) is 9.05. The Morgan fingerprint density at radius 2 is 1.92 bits per heavy atom. The summed E-state index contributed by atoms with van der Waals surface area (Å²) >= 11 is 0. The first-order valence-electron chi connectivity index (χ1n) is 4.71. The molecule has 0 heterocycles. The Bertz CT molecular complexity index is 279. The Hall–Kier alpha value is -0.860. The highest BCUT2D eigenvalue weighted by molar-refractivity contribution is 5.33. The number of benzene rings is 1. The van der Waals surface area contributed by atoms with Crippen molar-refractivity contribution in [2.75, 3.05) is 6.61 Å². The molecule has 0 aliphatic heterocycles. The molecule has 1 fully saturated rings. The third-order valence-electron chi connectivity index (χ3n) is 3.04. The normalized spacial score (nSPS) is 21.1. The third kappa shape index (κ3) is 1.36. The van der Waals surface area contributed by atoms with Crippen molar-refractivity contribution in [3.63, 3.8) is 0 Å². The van der Waals surface area contributed by atoms with Crippen LogP contribution in [0.5, 0.6) is 0 Å². The van der Waals surface area contributed by atoms with Crippen LogP contribution in [0.1, 0.15) is 18.4 Å². The van der Waals surface area contributed by atoms with Crippen LogP contribution in [0.15, 0.2) is 30.3 Å². The van der Waals surface area contributed by atoms with Gasteiger partial charge in [-0.3, -0.25) is 0 Å². The van der Waals surface area contributed by atoms with E-state index in [-0.39, 0.29) is 18.1 Å². The van der Waals surface area contributed by atoms with E-state index in [1.54, 1.807) is 0 Å². The molecular weight excluding hydrogens is 162 g/mol. The van der Waals surface area contributed by atoms with Gasteiger partial charge in [-0.2, -0.15) is 0 Å². The second-order valence-corrected chi connectivity index (χ2v) is 3.81. The number of aliphatic hydroxyl groups excluding tert-OH is 1. The van der Waals surface area contributed by atoms with Gasteiger partial charge in [0.2, 0.25) is 0 Å². The highest BCUT2D eigenvalue weighted by Crippen LogP contribution is 2.50. The topological polar surface area (TPSA) is 46.2 Å². The molecule has 1 aliphatic carbocycles. The van der Waals surface area contributed by atoms with E-state index in [9.17, 15) is 0 Å². The molecule has 1 aromatic carbocycles. The molecule has 2 heteroatoms. The SMILES string of the molecule is N[C@H](CO)C1(c2ccccc2)CC1. The zero-order chi connectivity index (χ0) is 9.31. The van der Waals surface area contributed by atoms with Crippen LogP contribution in [0.3, 0.4) is 0 Å². The van der Waals surface area contributed by atoms with Crippen LogP contribution in [0.2, 0.25) is 0 Å². The van der Waals surface area contributed by atoms with Crippen molar-refractivity contribution < 1.29 is 5.11 Å². The van der Waals surface area contributed by atoms with Crippen LogP contribution in [0.4, 0.5) is 0 Å². The number of aliphatic hydroxyl groups is 1. The first-order valence-corrected chi connectivity index (χ1v) is 4.71. The lowest BCUT2D eigenvalue weighted by molar-refractivity contribution is 0.242. The monoisotopic (exact) mass is 177 g/mol. The maximum Gasteiger partial charge on any atom is 0.0591 e. The largest absolute Gasteiger partial charge is 0.395 e. The van der Waals surface area contributed by atoms with E-state index in [2.05, 4.69) is 12.1 Å². The maximum atomic E-state index is 9.05. The summed E-state index contributed by atoms with van der Waals surface area (Å²) in [6, 6.07) is 10.2. The van der Waals surface area contributed by atoms with Gasteiger partial charge >= 0.3 is 0 Å². The molecule has 13 heavy (non-hydrogen) atoms. The van der Waals surface area contributed by atoms with Gasteiger partial charge in [-0.05, 0) is 18.4 Å². The van der Waals surface area contributed by atoms with Gasteiger partial charge in [0.1, 0.15) is 0 Å². The molecule has 0 amide bonds. The van der Waals surface area contributed by atoms with Crippen molar-refractivity contribution in [3.05, 3.63) is 35.9 Å². The molecule has 3 N–H and O–H groups in total. The van der Waals surface area contributed by atoms with Gasteiger partial charge in [-0.15, -0.1) is 0 Å². The minimum Gasteiger partial charge on any atom is -0.395 e. The van der Waals surface area contributed by atoms with E-state index >= 15 is 0 Å². The van der Waals surface area contributed by atoms with Crippen LogP contribution in [0.25, 0.3) is 0 Å². The summed E-state index contributed by atoms with van der Waals surface area (Å²) in [4.78, 5) is 0. The van der Waals surface area contributed by atoms with Crippen LogP contribution in [0, 0.1) is 0 Å². The lowest BCUT2D eigenvalue weighted by atomic mass is 9.89. The van der Waals surface area contributed by atoms with E-state index in [1.165, 1.54) is 5.56 Å². The minimum atomic E-state index is -0.102. The van der Waals surface area contributed by atoms with Crippen molar-refractivity contribution >= 4 is 0 Å². The van der Waals surface area contributed by atoms with Crippen molar-refractivity contribution in [1.29, 1.82) is 0 Å². The molecule has 2 nitrogen and oxygen atoms in total. The predicted molar refractivity (Wildman–Crippen MR) is 52.4 cm³/mol. The van der Waals surface area contributed by atoms with Crippen LogP contribution in [-0.2, 0) is 5.41 Å². The van der Waals surface area contributed by atoms with E-state index in [1.807, 2.05) is 18.2 Å². The van der Waals surface area contributed by atoms with E-state index in [0.717, 1.165) is 12.8 Å². The quantitative estimate of drug-likeness (QED) is 0.724. The minimum absolute atomic E-state index is 0.0783. The fourth-order valence-electron chi connectivity index (χ4n) is 1.95. The molecule has 1 aromatic rings. The Kier molecular flexibility index (Phi) is 2.10. The van der Waals surface area contributed by atoms with Gasteiger partial charge in [-0.1, -0.05) is 30.3 Å². The summed E-state index contributed by atoms with van der Waals surface area (Å²) < 4.78 is 0. The van der Waals surface area contributed by atoms with Crippen molar-refractivity contribution in [2.45, 2.75) is 24.3 Å². The number of nitrogens with two attached hydrogens (primary N) is 1. The molecule has 0 radical (unpaired) electrons. The second-order valence-electron chi connectivity index (χ2n) is 3.81. The van der Waals surface area contributed by atoms with E-state index in [4.69, 9.17) is 10.8 Å². The van der Waals surface area contributed by atoms with Gasteiger partial charge in [0.25, 0.3) is 0 Å². The zero-order valence-electron chi connectivity index (χ0n) is 7.61. The number of hydrogen-bond acceptors (Lipinski definition) is 2. The molecule has 2 rings (SSSR count). The summed E-state index contributed by atoms with van der Waals surface area (Å²) in [6.07, 6.45) is 2.22. The van der Waals surface area contributed by atoms with Gasteiger partial charge in [0.15, 0.2) is 0 Å². The molecule has 1 atom stereocenters. The Morgan fingerprint density at radius 3 is 2.38 bits per heavy atom. The van der Waals surface area contributed by atoms with Gasteiger partial charge in [0, 0.05) is 11.5 Å². The molecule has 0 spiro atoms. The third-order valence-corrected chi connectivity index (χ3v) is 3.04. The second kappa shape index (κ2) is 3.13. The molecule has 0 aromatic heterocycles. The number of hydrogen-bond donors (Lipinski definition) is 2. The Labute approximate surface area is 78.4 Å². The Morgan fingerprint density at radius 1 is 1.31 bits per heavy atom. The summed E-state index contributed by atoms with van der Waals surface area (Å²) in [6.45, 7) is 0.0783. The van der Waals surface area contributed by atoms with Gasteiger partial charge in [0.05, 0.1) is 6.61 Å². The Balaban J connectivity index is 2.26. The molecule has 0 unspecified atom stereocenters. The molecule has 1 saturated carbocycles. The maximum absolute atomic E-state index is 9.05. The average molecular weight is 177 g/mol. The fraction of sp³-hybridized carbons (Fsp3) is 0.455. The lowest BCUT2D eigenvalue weighted by Gasteiger charge is -2.21. The standard InChI is InChI=1S/C11H15NO/c12-10(8-13)11(6-7-11)9-4-2-1-3-5-9/h1-5,10,13H,6-8,12H2/t10-/m1/s1. The van der Waals surface area contributed by atoms with Gasteiger partial charge in [-0.25, -0.2) is 0 Å².